The van der Waals surface area contributed by atoms with Gasteiger partial charge in [-0.25, -0.2) is 0 Å². The molecule has 0 aromatic heterocycles. The summed E-state index contributed by atoms with van der Waals surface area (Å²) in [5.41, 5.74) is -0.742. The fraction of sp³-hybridized carbons (Fsp3) is 0.250. The number of benzene rings is 1. The molecule has 0 saturated heterocycles. The van der Waals surface area contributed by atoms with Gasteiger partial charge in [0.1, 0.15) is 0 Å². The van der Waals surface area contributed by atoms with Gasteiger partial charge in [0.15, 0.2) is 6.10 Å². The normalized spacial score (nSPS) is 14.0. The zero-order valence-electron chi connectivity index (χ0n) is 7.25. The van der Waals surface area contributed by atoms with E-state index >= 15 is 0 Å². The van der Waals surface area contributed by atoms with E-state index in [1.54, 1.807) is 0 Å². The molecule has 1 rings (SSSR count). The molecule has 1 aromatic carbocycles. The predicted octanol–water partition coefficient (Wildman–Crippen LogP) is 4.90. The summed E-state index contributed by atoms with van der Waals surface area (Å²) in [5.74, 6) is 0. The maximum absolute atomic E-state index is 12.3. The number of rotatable bonds is 1. The highest BCUT2D eigenvalue weighted by Gasteiger charge is 2.42. The Morgan fingerprint density at radius 3 is 1.69 bits per heavy atom. The molecule has 1 unspecified atom stereocenters. The number of aliphatic hydroxyl groups excluding tert-OH is 1. The second-order valence-electron chi connectivity index (χ2n) is 2.83. The molecule has 8 heteroatoms. The van der Waals surface area contributed by atoms with E-state index in [2.05, 4.69) is 0 Å². The first-order valence-corrected chi connectivity index (χ1v) is 5.25. The van der Waals surface area contributed by atoms with E-state index < -0.39 is 27.9 Å². The van der Waals surface area contributed by atoms with Gasteiger partial charge in [-0.3, -0.25) is 0 Å². The third-order valence-electron chi connectivity index (χ3n) is 1.73. The van der Waals surface area contributed by atoms with Gasteiger partial charge < -0.3 is 5.11 Å². The van der Waals surface area contributed by atoms with Crippen LogP contribution in [0.15, 0.2) is 6.07 Å². The Morgan fingerprint density at radius 1 is 1.00 bits per heavy atom. The van der Waals surface area contributed by atoms with Gasteiger partial charge in [-0.15, -0.1) is 0 Å². The lowest BCUT2D eigenvalue weighted by Crippen LogP contribution is -2.21. The van der Waals surface area contributed by atoms with Gasteiger partial charge in [0.25, 0.3) is 0 Å². The van der Waals surface area contributed by atoms with Crippen LogP contribution in [0.1, 0.15) is 11.7 Å². The molecule has 1 N–H and O–H groups in total. The summed E-state index contributed by atoms with van der Waals surface area (Å²) >= 11 is 22.1. The zero-order chi connectivity index (χ0) is 12.7. The first-order valence-electron chi connectivity index (χ1n) is 3.74. The van der Waals surface area contributed by atoms with E-state index in [0.717, 1.165) is 6.07 Å². The number of hydrogen-bond acceptors (Lipinski definition) is 1. The monoisotopic (exact) mass is 312 g/mol. The van der Waals surface area contributed by atoms with Gasteiger partial charge in [-0.05, 0) is 6.07 Å². The van der Waals surface area contributed by atoms with Crippen molar-refractivity contribution in [1.29, 1.82) is 0 Å². The smallest absolute Gasteiger partial charge is 0.379 e. The van der Waals surface area contributed by atoms with Crippen LogP contribution in [-0.4, -0.2) is 11.3 Å². The topological polar surface area (TPSA) is 20.2 Å². The molecular weight excluding hydrogens is 311 g/mol. The summed E-state index contributed by atoms with van der Waals surface area (Å²) in [6.07, 6.45) is -7.73. The van der Waals surface area contributed by atoms with Crippen LogP contribution in [-0.2, 0) is 0 Å². The SMILES string of the molecule is OC(c1c(Cl)c(Cl)cc(Cl)c1Cl)C(F)(F)F. The van der Waals surface area contributed by atoms with E-state index in [1.807, 2.05) is 0 Å². The molecule has 0 amide bonds. The lowest BCUT2D eigenvalue weighted by Gasteiger charge is -2.18. The van der Waals surface area contributed by atoms with E-state index in [0.29, 0.717) is 0 Å². The zero-order valence-corrected chi connectivity index (χ0v) is 10.3. The minimum atomic E-state index is -4.90. The van der Waals surface area contributed by atoms with Crippen molar-refractivity contribution in [2.24, 2.45) is 0 Å². The van der Waals surface area contributed by atoms with Crippen LogP contribution in [0.25, 0.3) is 0 Å². The summed E-state index contributed by atoms with van der Waals surface area (Å²) in [6.45, 7) is 0. The number of hydrogen-bond donors (Lipinski definition) is 1. The molecule has 90 valence electrons. The molecule has 1 nitrogen and oxygen atoms in total. The van der Waals surface area contributed by atoms with Crippen LogP contribution in [0, 0.1) is 0 Å². The summed E-state index contributed by atoms with van der Waals surface area (Å²) in [4.78, 5) is 0. The van der Waals surface area contributed by atoms with Gasteiger partial charge in [0, 0.05) is 5.56 Å². The molecule has 0 heterocycles. The molecule has 1 aromatic rings. The number of alkyl halides is 3. The van der Waals surface area contributed by atoms with Crippen LogP contribution in [0.5, 0.6) is 0 Å². The Hall–Kier alpha value is 0.130. The summed E-state index contributed by atoms with van der Waals surface area (Å²) in [6, 6.07) is 1.10. The van der Waals surface area contributed by atoms with Crippen molar-refractivity contribution in [2.45, 2.75) is 12.3 Å². The van der Waals surface area contributed by atoms with Crippen molar-refractivity contribution in [3.8, 4) is 0 Å². The van der Waals surface area contributed by atoms with Crippen molar-refractivity contribution in [3.05, 3.63) is 31.7 Å². The lowest BCUT2D eigenvalue weighted by atomic mass is 10.1. The predicted molar refractivity (Wildman–Crippen MR) is 57.5 cm³/mol. The minimum Gasteiger partial charge on any atom is -0.379 e. The summed E-state index contributed by atoms with van der Waals surface area (Å²) < 4.78 is 36.9. The molecule has 16 heavy (non-hydrogen) atoms. The van der Waals surface area contributed by atoms with Crippen LogP contribution in [0.3, 0.4) is 0 Å². The summed E-state index contributed by atoms with van der Waals surface area (Å²) in [7, 11) is 0. The average Bonchev–Trinajstić information content (AvgIpc) is 2.13. The molecule has 0 aliphatic heterocycles. The lowest BCUT2D eigenvalue weighted by molar-refractivity contribution is -0.206. The highest BCUT2D eigenvalue weighted by atomic mass is 35.5. The minimum absolute atomic E-state index is 0.214. The van der Waals surface area contributed by atoms with Gasteiger partial charge in [-0.2, -0.15) is 13.2 Å². The molecule has 1 atom stereocenters. The Morgan fingerprint density at radius 2 is 1.38 bits per heavy atom. The van der Waals surface area contributed by atoms with Crippen LogP contribution < -0.4 is 0 Å². The molecular formula is C8H3Cl4F3O. The molecule has 0 aliphatic carbocycles. The van der Waals surface area contributed by atoms with Gasteiger partial charge >= 0.3 is 6.18 Å². The van der Waals surface area contributed by atoms with Crippen molar-refractivity contribution in [3.63, 3.8) is 0 Å². The summed E-state index contributed by atoms with van der Waals surface area (Å²) in [5, 5.41) is 7.69. The van der Waals surface area contributed by atoms with Gasteiger partial charge in [-0.1, -0.05) is 46.4 Å². The fourth-order valence-electron chi connectivity index (χ4n) is 0.995. The Labute approximate surface area is 109 Å². The largest absolute Gasteiger partial charge is 0.418 e. The highest BCUT2D eigenvalue weighted by molar-refractivity contribution is 6.48. The Bertz CT molecular complexity index is 392. The number of aliphatic hydroxyl groups is 1. The van der Waals surface area contributed by atoms with Crippen molar-refractivity contribution < 1.29 is 18.3 Å². The molecule has 0 aliphatic rings. The maximum atomic E-state index is 12.3. The van der Waals surface area contributed by atoms with Crippen molar-refractivity contribution >= 4 is 46.4 Å². The average molecular weight is 314 g/mol. The molecule has 0 radical (unpaired) electrons. The second-order valence-corrected chi connectivity index (χ2v) is 4.40. The van der Waals surface area contributed by atoms with Gasteiger partial charge in [0.05, 0.1) is 20.1 Å². The van der Waals surface area contributed by atoms with Crippen molar-refractivity contribution in [2.75, 3.05) is 0 Å². The van der Waals surface area contributed by atoms with Crippen LogP contribution in [0.2, 0.25) is 20.1 Å². The highest BCUT2D eigenvalue weighted by Crippen LogP contribution is 2.45. The first-order chi connectivity index (χ1) is 7.16. The van der Waals surface area contributed by atoms with Crippen LogP contribution in [0.4, 0.5) is 13.2 Å². The maximum Gasteiger partial charge on any atom is 0.418 e. The second kappa shape index (κ2) is 4.78. The first kappa shape index (κ1) is 14.2. The Balaban J connectivity index is 3.44. The molecule has 0 bridgehead atoms. The van der Waals surface area contributed by atoms with E-state index in [4.69, 9.17) is 51.5 Å². The molecule has 0 saturated carbocycles. The third kappa shape index (κ3) is 2.68. The van der Waals surface area contributed by atoms with E-state index in [1.165, 1.54) is 0 Å². The quantitative estimate of drug-likeness (QED) is 0.731. The standard InChI is InChI=1S/C8H3Cl4F3O/c9-2-1-3(10)6(12)4(5(2)11)7(16)8(13,14)15/h1,7,16H. The van der Waals surface area contributed by atoms with E-state index in [-0.39, 0.29) is 10.0 Å². The Kier molecular flexibility index (Phi) is 4.24. The van der Waals surface area contributed by atoms with E-state index in [9.17, 15) is 13.2 Å². The van der Waals surface area contributed by atoms with Crippen molar-refractivity contribution in [1.82, 2.24) is 0 Å². The molecule has 0 fully saturated rings. The van der Waals surface area contributed by atoms with Gasteiger partial charge in [0.2, 0.25) is 0 Å². The fourth-order valence-corrected chi connectivity index (χ4v) is 2.03. The van der Waals surface area contributed by atoms with Crippen LogP contribution >= 0.6 is 46.4 Å². The number of halogens is 7. The molecule has 0 spiro atoms. The third-order valence-corrected chi connectivity index (χ3v) is 3.33.